The summed E-state index contributed by atoms with van der Waals surface area (Å²) in [5, 5.41) is 18.8. The van der Waals surface area contributed by atoms with E-state index in [1.165, 1.54) is 0 Å². The van der Waals surface area contributed by atoms with Gasteiger partial charge in [0.15, 0.2) is 0 Å². The van der Waals surface area contributed by atoms with E-state index < -0.39 is 4.92 Å². The molecular weight excluding hydrogens is 214 g/mol. The number of thioether (sulfide) groups is 1. The number of nitro groups is 1. The second-order valence-corrected chi connectivity index (χ2v) is 3.86. The fourth-order valence-electron chi connectivity index (χ4n) is 0.698. The van der Waals surface area contributed by atoms with Gasteiger partial charge in [-0.2, -0.15) is 0 Å². The van der Waals surface area contributed by atoms with Crippen molar-refractivity contribution < 1.29 is 14.8 Å². The lowest BCUT2D eigenvalue weighted by Gasteiger charge is -1.89. The normalized spacial score (nSPS) is 9.92. The van der Waals surface area contributed by atoms with Crippen molar-refractivity contribution in [3.8, 4) is 5.75 Å². The molecule has 0 bridgehead atoms. The van der Waals surface area contributed by atoms with Crippen LogP contribution in [-0.4, -0.2) is 21.4 Å². The summed E-state index contributed by atoms with van der Waals surface area (Å²) in [5.41, 5.74) is 0. The molecule has 0 aliphatic carbocycles. The molecule has 0 aliphatic heterocycles. The number of hydrogen-bond acceptors (Lipinski definition) is 6. The molecule has 0 spiro atoms. The zero-order chi connectivity index (χ0) is 10.0. The maximum absolute atomic E-state index is 11.1. The Morgan fingerprint density at radius 2 is 2.38 bits per heavy atom. The molecule has 0 fully saturated rings. The van der Waals surface area contributed by atoms with Gasteiger partial charge in [0.2, 0.25) is 5.12 Å². The summed E-state index contributed by atoms with van der Waals surface area (Å²) in [7, 11) is 0. The Kier molecular flexibility index (Phi) is 2.89. The lowest BCUT2D eigenvalue weighted by atomic mass is 10.4. The molecule has 0 amide bonds. The number of carbonyl (C=O) groups is 1. The Bertz CT molecular complexity index is 360. The molecule has 1 aromatic heterocycles. The predicted octanol–water partition coefficient (Wildman–Crippen LogP) is 1.87. The van der Waals surface area contributed by atoms with Gasteiger partial charge in [-0.1, -0.05) is 23.1 Å². The highest BCUT2D eigenvalue weighted by Gasteiger charge is 2.20. The van der Waals surface area contributed by atoms with Crippen molar-refractivity contribution in [1.29, 1.82) is 0 Å². The molecule has 1 aromatic rings. The predicted molar refractivity (Wildman–Crippen MR) is 50.5 cm³/mol. The molecule has 70 valence electrons. The average molecular weight is 219 g/mol. The molecular formula is C6H5NO4S2. The molecule has 5 nitrogen and oxygen atoms in total. The van der Waals surface area contributed by atoms with Crippen molar-refractivity contribution in [2.45, 2.75) is 0 Å². The van der Waals surface area contributed by atoms with Crippen LogP contribution in [0.3, 0.4) is 0 Å². The van der Waals surface area contributed by atoms with E-state index in [-0.39, 0.29) is 20.7 Å². The SMILES string of the molecule is CSC(=O)c1sc([N+](=O)[O-])cc1O. The smallest absolute Gasteiger partial charge is 0.328 e. The summed E-state index contributed by atoms with van der Waals surface area (Å²) in [5.74, 6) is -0.323. The van der Waals surface area contributed by atoms with Crippen molar-refractivity contribution >= 4 is 33.2 Å². The number of aromatic hydroxyl groups is 1. The number of hydrogen-bond donors (Lipinski definition) is 1. The summed E-state index contributed by atoms with van der Waals surface area (Å²) in [6, 6.07) is 0.980. The van der Waals surface area contributed by atoms with Gasteiger partial charge in [0.05, 0.1) is 11.0 Å². The lowest BCUT2D eigenvalue weighted by molar-refractivity contribution is -0.380. The van der Waals surface area contributed by atoms with Gasteiger partial charge in [-0.05, 0) is 6.26 Å². The Morgan fingerprint density at radius 3 is 2.77 bits per heavy atom. The van der Waals surface area contributed by atoms with Gasteiger partial charge < -0.3 is 5.11 Å². The van der Waals surface area contributed by atoms with Crippen molar-refractivity contribution in [1.82, 2.24) is 0 Å². The first-order chi connectivity index (χ1) is 6.06. The topological polar surface area (TPSA) is 80.4 Å². The van der Waals surface area contributed by atoms with Crippen LogP contribution >= 0.6 is 23.1 Å². The van der Waals surface area contributed by atoms with Gasteiger partial charge in [-0.15, -0.1) is 0 Å². The second kappa shape index (κ2) is 3.75. The van der Waals surface area contributed by atoms with Crippen LogP contribution in [-0.2, 0) is 0 Å². The van der Waals surface area contributed by atoms with Crippen LogP contribution in [0.5, 0.6) is 5.75 Å². The number of thiophene rings is 1. The van der Waals surface area contributed by atoms with Gasteiger partial charge in [0, 0.05) is 0 Å². The Balaban J connectivity index is 3.10. The van der Waals surface area contributed by atoms with E-state index in [4.69, 9.17) is 5.11 Å². The van der Waals surface area contributed by atoms with Crippen molar-refractivity contribution in [2.24, 2.45) is 0 Å². The van der Waals surface area contributed by atoms with E-state index in [9.17, 15) is 14.9 Å². The third-order valence-electron chi connectivity index (χ3n) is 1.25. The third kappa shape index (κ3) is 1.99. The van der Waals surface area contributed by atoms with Crippen molar-refractivity contribution in [2.75, 3.05) is 6.26 Å². The molecule has 1 N–H and O–H groups in total. The molecule has 1 heterocycles. The highest BCUT2D eigenvalue weighted by molar-refractivity contribution is 8.13. The monoisotopic (exact) mass is 219 g/mol. The summed E-state index contributed by atoms with van der Waals surface area (Å²) in [4.78, 5) is 20.7. The van der Waals surface area contributed by atoms with Crippen LogP contribution in [0.25, 0.3) is 0 Å². The van der Waals surface area contributed by atoms with Gasteiger partial charge in [0.1, 0.15) is 10.6 Å². The van der Waals surface area contributed by atoms with Gasteiger partial charge in [0.25, 0.3) is 0 Å². The van der Waals surface area contributed by atoms with E-state index in [2.05, 4.69) is 0 Å². The van der Waals surface area contributed by atoms with Crippen molar-refractivity contribution in [3.05, 3.63) is 21.1 Å². The third-order valence-corrected chi connectivity index (χ3v) is 3.03. The molecule has 0 unspecified atom stereocenters. The minimum Gasteiger partial charge on any atom is -0.506 e. The maximum atomic E-state index is 11.1. The average Bonchev–Trinajstić information content (AvgIpc) is 2.46. The van der Waals surface area contributed by atoms with E-state index in [0.29, 0.717) is 11.3 Å². The number of rotatable bonds is 2. The zero-order valence-electron chi connectivity index (χ0n) is 6.51. The van der Waals surface area contributed by atoms with E-state index in [0.717, 1.165) is 17.8 Å². The van der Waals surface area contributed by atoms with Crippen LogP contribution in [0.15, 0.2) is 6.07 Å². The molecule has 0 aromatic carbocycles. The minimum atomic E-state index is -0.637. The largest absolute Gasteiger partial charge is 0.506 e. The first-order valence-corrected chi connectivity index (χ1v) is 5.16. The van der Waals surface area contributed by atoms with E-state index >= 15 is 0 Å². The Morgan fingerprint density at radius 1 is 1.77 bits per heavy atom. The van der Waals surface area contributed by atoms with E-state index in [1.807, 2.05) is 0 Å². The molecule has 0 saturated carbocycles. The highest BCUT2D eigenvalue weighted by Crippen LogP contribution is 2.35. The Labute approximate surface area is 81.5 Å². The van der Waals surface area contributed by atoms with Crippen LogP contribution in [0, 0.1) is 10.1 Å². The minimum absolute atomic E-state index is 0.0270. The summed E-state index contributed by atoms with van der Waals surface area (Å²) >= 11 is 1.59. The van der Waals surface area contributed by atoms with Gasteiger partial charge in [-0.25, -0.2) is 0 Å². The summed E-state index contributed by atoms with van der Waals surface area (Å²) in [6.45, 7) is 0. The van der Waals surface area contributed by atoms with Crippen molar-refractivity contribution in [3.63, 3.8) is 0 Å². The summed E-state index contributed by atoms with van der Waals surface area (Å²) in [6.07, 6.45) is 1.55. The molecule has 13 heavy (non-hydrogen) atoms. The first kappa shape index (κ1) is 10.0. The molecule has 7 heteroatoms. The van der Waals surface area contributed by atoms with Gasteiger partial charge >= 0.3 is 5.00 Å². The lowest BCUT2D eigenvalue weighted by Crippen LogP contribution is -1.86. The second-order valence-electron chi connectivity index (χ2n) is 2.05. The molecule has 0 saturated heterocycles. The maximum Gasteiger partial charge on any atom is 0.328 e. The van der Waals surface area contributed by atoms with E-state index in [1.54, 1.807) is 6.26 Å². The van der Waals surface area contributed by atoms with Crippen LogP contribution in [0.4, 0.5) is 5.00 Å². The van der Waals surface area contributed by atoms with Crippen LogP contribution in [0.2, 0.25) is 0 Å². The number of carbonyl (C=O) groups excluding carboxylic acids is 1. The summed E-state index contributed by atoms with van der Waals surface area (Å²) < 4.78 is 0. The number of nitrogens with zero attached hydrogens (tertiary/aromatic N) is 1. The quantitative estimate of drug-likeness (QED) is 0.606. The highest BCUT2D eigenvalue weighted by atomic mass is 32.2. The molecule has 1 rings (SSSR count). The molecule has 0 radical (unpaired) electrons. The molecule has 0 atom stereocenters. The fraction of sp³-hybridized carbons (Fsp3) is 0.167. The standard InChI is InChI=1S/C6H5NO4S2/c1-12-6(9)5-3(8)2-4(13-5)7(10)11/h2,8H,1H3. The van der Waals surface area contributed by atoms with Gasteiger partial charge in [-0.3, -0.25) is 14.9 Å². The Hall–Kier alpha value is -1.08. The first-order valence-electron chi connectivity index (χ1n) is 3.11. The van der Waals surface area contributed by atoms with Crippen LogP contribution < -0.4 is 0 Å². The van der Waals surface area contributed by atoms with Crippen LogP contribution in [0.1, 0.15) is 9.67 Å². The fourth-order valence-corrected chi connectivity index (χ4v) is 2.06. The zero-order valence-corrected chi connectivity index (χ0v) is 8.15. The molecule has 0 aliphatic rings.